The Morgan fingerprint density at radius 3 is 1.70 bits per heavy atom. The SMILES string of the molecule is COc1cc(OC)c(-c2ccc(C(F)(F)Oc3ccc(C(F)(F)F)cc3)c(F)c2)c(OC)c1. The van der Waals surface area contributed by atoms with E-state index < -0.39 is 35.0 Å². The molecule has 0 spiro atoms. The first-order valence-electron chi connectivity index (χ1n) is 9.34. The highest BCUT2D eigenvalue weighted by Crippen LogP contribution is 2.43. The van der Waals surface area contributed by atoms with Gasteiger partial charge in [0, 0.05) is 12.1 Å². The summed E-state index contributed by atoms with van der Waals surface area (Å²) in [5, 5.41) is 0. The van der Waals surface area contributed by atoms with Crippen LogP contribution in [0.3, 0.4) is 0 Å². The summed E-state index contributed by atoms with van der Waals surface area (Å²) < 4.78 is 102. The van der Waals surface area contributed by atoms with Gasteiger partial charge in [-0.15, -0.1) is 0 Å². The van der Waals surface area contributed by atoms with Gasteiger partial charge in [-0.1, -0.05) is 6.07 Å². The third-order valence-electron chi connectivity index (χ3n) is 4.71. The van der Waals surface area contributed by atoms with Gasteiger partial charge in [-0.3, -0.25) is 0 Å². The fourth-order valence-corrected chi connectivity index (χ4v) is 3.11. The lowest BCUT2D eigenvalue weighted by atomic mass is 10.0. The van der Waals surface area contributed by atoms with Gasteiger partial charge in [-0.05, 0) is 42.0 Å². The molecule has 3 rings (SSSR count). The summed E-state index contributed by atoms with van der Waals surface area (Å²) in [5.41, 5.74) is -1.65. The molecule has 0 fully saturated rings. The van der Waals surface area contributed by atoms with Crippen molar-refractivity contribution in [1.29, 1.82) is 0 Å². The molecular weight excluding hydrogens is 454 g/mol. The molecule has 0 aliphatic heterocycles. The topological polar surface area (TPSA) is 36.9 Å². The van der Waals surface area contributed by atoms with Crippen LogP contribution < -0.4 is 18.9 Å². The summed E-state index contributed by atoms with van der Waals surface area (Å²) in [4.78, 5) is 0. The lowest BCUT2D eigenvalue weighted by Crippen LogP contribution is -2.23. The van der Waals surface area contributed by atoms with Crippen LogP contribution in [0.4, 0.5) is 26.3 Å². The van der Waals surface area contributed by atoms with Crippen molar-refractivity contribution in [3.05, 3.63) is 71.5 Å². The minimum absolute atomic E-state index is 0.179. The van der Waals surface area contributed by atoms with Gasteiger partial charge in [0.2, 0.25) is 0 Å². The molecule has 0 heterocycles. The average molecular weight is 472 g/mol. The van der Waals surface area contributed by atoms with E-state index in [1.54, 1.807) is 0 Å². The van der Waals surface area contributed by atoms with Crippen molar-refractivity contribution in [3.8, 4) is 34.1 Å². The molecule has 3 aromatic rings. The van der Waals surface area contributed by atoms with Gasteiger partial charge in [0.25, 0.3) is 0 Å². The molecule has 0 bridgehead atoms. The van der Waals surface area contributed by atoms with Gasteiger partial charge in [0.15, 0.2) is 0 Å². The first-order chi connectivity index (χ1) is 15.5. The molecule has 10 heteroatoms. The normalized spacial score (nSPS) is 11.8. The van der Waals surface area contributed by atoms with Crippen LogP contribution in [-0.4, -0.2) is 21.3 Å². The number of benzene rings is 3. The second kappa shape index (κ2) is 9.13. The van der Waals surface area contributed by atoms with Crippen molar-refractivity contribution in [3.63, 3.8) is 0 Å². The average Bonchev–Trinajstić information content (AvgIpc) is 2.77. The van der Waals surface area contributed by atoms with Crippen molar-refractivity contribution in [2.24, 2.45) is 0 Å². The van der Waals surface area contributed by atoms with Crippen LogP contribution >= 0.6 is 0 Å². The molecule has 176 valence electrons. The smallest absolute Gasteiger partial charge is 0.429 e. The Labute approximate surface area is 185 Å². The number of hydrogen-bond acceptors (Lipinski definition) is 4. The van der Waals surface area contributed by atoms with E-state index in [0.29, 0.717) is 23.4 Å². The van der Waals surface area contributed by atoms with Crippen molar-refractivity contribution in [1.82, 2.24) is 0 Å². The number of hydrogen-bond donors (Lipinski definition) is 0. The molecule has 3 aromatic carbocycles. The van der Waals surface area contributed by atoms with Crippen LogP contribution in [0, 0.1) is 5.82 Å². The number of ether oxygens (including phenoxy) is 4. The monoisotopic (exact) mass is 472 g/mol. The molecule has 4 nitrogen and oxygen atoms in total. The van der Waals surface area contributed by atoms with Crippen molar-refractivity contribution < 1.29 is 45.3 Å². The molecule has 0 aliphatic carbocycles. The van der Waals surface area contributed by atoms with E-state index in [1.165, 1.54) is 39.5 Å². The van der Waals surface area contributed by atoms with Gasteiger partial charge in [0.05, 0.1) is 38.0 Å². The Kier molecular flexibility index (Phi) is 6.66. The molecular formula is C23H18F6O4. The number of methoxy groups -OCH3 is 3. The van der Waals surface area contributed by atoms with E-state index in [0.717, 1.165) is 24.3 Å². The highest BCUT2D eigenvalue weighted by Gasteiger charge is 2.38. The molecule has 0 radical (unpaired) electrons. The summed E-state index contributed by atoms with van der Waals surface area (Å²) in [7, 11) is 4.17. The summed E-state index contributed by atoms with van der Waals surface area (Å²) >= 11 is 0. The van der Waals surface area contributed by atoms with E-state index in [2.05, 4.69) is 4.74 Å². The number of rotatable bonds is 7. The predicted molar refractivity (Wildman–Crippen MR) is 107 cm³/mol. The van der Waals surface area contributed by atoms with Gasteiger partial charge >= 0.3 is 12.3 Å². The second-order valence-corrected chi connectivity index (χ2v) is 6.74. The second-order valence-electron chi connectivity index (χ2n) is 6.74. The Balaban J connectivity index is 1.95. The molecule has 0 aromatic heterocycles. The third kappa shape index (κ3) is 5.10. The predicted octanol–water partition coefficient (Wildman–Crippen LogP) is 6.67. The van der Waals surface area contributed by atoms with Gasteiger partial charge in [-0.2, -0.15) is 22.0 Å². The fraction of sp³-hybridized carbons (Fsp3) is 0.217. The summed E-state index contributed by atoms with van der Waals surface area (Å²) in [6, 6.07) is 8.57. The molecule has 0 N–H and O–H groups in total. The van der Waals surface area contributed by atoms with Crippen LogP contribution in [0.1, 0.15) is 11.1 Å². The molecule has 33 heavy (non-hydrogen) atoms. The summed E-state index contributed by atoms with van der Waals surface area (Å²) in [6.45, 7) is 0. The van der Waals surface area contributed by atoms with Crippen LogP contribution in [0.25, 0.3) is 11.1 Å². The third-order valence-corrected chi connectivity index (χ3v) is 4.71. The van der Waals surface area contributed by atoms with E-state index in [4.69, 9.17) is 14.2 Å². The van der Waals surface area contributed by atoms with E-state index in [-0.39, 0.29) is 17.1 Å². The minimum atomic E-state index is -4.63. The van der Waals surface area contributed by atoms with Crippen LogP contribution in [-0.2, 0) is 12.3 Å². The highest BCUT2D eigenvalue weighted by atomic mass is 19.4. The van der Waals surface area contributed by atoms with Crippen molar-refractivity contribution >= 4 is 0 Å². The maximum Gasteiger partial charge on any atom is 0.429 e. The standard InChI is InChI=1S/C23H18F6O4/c1-30-16-11-19(31-2)21(20(12-16)32-3)13-4-9-17(18(24)10-13)23(28,29)33-15-7-5-14(6-8-15)22(25,26)27/h4-12H,1-3H3. The first kappa shape index (κ1) is 24.1. The molecule has 0 atom stereocenters. The minimum Gasteiger partial charge on any atom is -0.496 e. The lowest BCUT2D eigenvalue weighted by Gasteiger charge is -2.20. The van der Waals surface area contributed by atoms with Crippen LogP contribution in [0.2, 0.25) is 0 Å². The Morgan fingerprint density at radius 2 is 1.24 bits per heavy atom. The van der Waals surface area contributed by atoms with E-state index in [9.17, 15) is 26.3 Å². The Morgan fingerprint density at radius 1 is 0.667 bits per heavy atom. The zero-order chi connectivity index (χ0) is 24.4. The van der Waals surface area contributed by atoms with Crippen LogP contribution in [0.5, 0.6) is 23.0 Å². The largest absolute Gasteiger partial charge is 0.496 e. The Bertz CT molecular complexity index is 1100. The molecule has 0 amide bonds. The maximum atomic E-state index is 14.8. The van der Waals surface area contributed by atoms with Gasteiger partial charge in [0.1, 0.15) is 28.8 Å². The molecule has 0 aliphatic rings. The van der Waals surface area contributed by atoms with E-state index in [1.807, 2.05) is 0 Å². The highest BCUT2D eigenvalue weighted by molar-refractivity contribution is 5.78. The summed E-state index contributed by atoms with van der Waals surface area (Å²) in [6.07, 6.45) is -8.79. The number of halogens is 6. The van der Waals surface area contributed by atoms with Gasteiger partial charge in [-0.25, -0.2) is 4.39 Å². The maximum absolute atomic E-state index is 14.8. The van der Waals surface area contributed by atoms with Crippen LogP contribution in [0.15, 0.2) is 54.6 Å². The zero-order valence-corrected chi connectivity index (χ0v) is 17.6. The lowest BCUT2D eigenvalue weighted by molar-refractivity contribution is -0.187. The molecule has 0 unspecified atom stereocenters. The summed E-state index contributed by atoms with van der Waals surface area (Å²) in [5.74, 6) is -0.947. The first-order valence-corrected chi connectivity index (χ1v) is 9.34. The Hall–Kier alpha value is -3.56. The number of alkyl halides is 5. The van der Waals surface area contributed by atoms with Crippen molar-refractivity contribution in [2.75, 3.05) is 21.3 Å². The zero-order valence-electron chi connectivity index (χ0n) is 17.6. The quantitative estimate of drug-likeness (QED) is 0.360. The molecule has 0 saturated heterocycles. The van der Waals surface area contributed by atoms with Gasteiger partial charge < -0.3 is 18.9 Å². The van der Waals surface area contributed by atoms with Crippen molar-refractivity contribution in [2.45, 2.75) is 12.3 Å². The molecule has 0 saturated carbocycles. The fourth-order valence-electron chi connectivity index (χ4n) is 3.11. The van der Waals surface area contributed by atoms with E-state index >= 15 is 0 Å².